The highest BCUT2D eigenvalue weighted by Gasteiger charge is 2.11. The van der Waals surface area contributed by atoms with E-state index in [4.69, 9.17) is 0 Å². The summed E-state index contributed by atoms with van der Waals surface area (Å²) in [5.74, 6) is 0.310. The Kier molecular flexibility index (Phi) is 6.89. The van der Waals surface area contributed by atoms with Crippen molar-refractivity contribution in [1.29, 1.82) is 0 Å². The summed E-state index contributed by atoms with van der Waals surface area (Å²) >= 11 is 0. The molecule has 6 heteroatoms. The number of aromatic nitrogens is 2. The third-order valence-corrected chi connectivity index (χ3v) is 3.85. The third kappa shape index (κ3) is 6.15. The molecule has 0 radical (unpaired) electrons. The van der Waals surface area contributed by atoms with Crippen LogP contribution in [0.25, 0.3) is 0 Å². The molecular weight excluding hydrogens is 314 g/mol. The van der Waals surface area contributed by atoms with Gasteiger partial charge in [0, 0.05) is 18.8 Å². The lowest BCUT2D eigenvalue weighted by atomic mass is 10.1. The molecule has 0 fully saturated rings. The first-order valence-corrected chi connectivity index (χ1v) is 8.52. The lowest BCUT2D eigenvalue weighted by molar-refractivity contribution is 0.0945. The number of hydrogen-bond donors (Lipinski definition) is 2. The molecule has 0 atom stereocenters. The van der Waals surface area contributed by atoms with Crippen LogP contribution in [0.2, 0.25) is 0 Å². The van der Waals surface area contributed by atoms with Crippen LogP contribution in [-0.4, -0.2) is 48.0 Å². The van der Waals surface area contributed by atoms with E-state index in [0.29, 0.717) is 18.2 Å². The number of carbonyl (C=O) groups is 1. The van der Waals surface area contributed by atoms with Crippen LogP contribution < -0.4 is 10.6 Å². The van der Waals surface area contributed by atoms with Gasteiger partial charge in [-0.05, 0) is 58.1 Å². The SMILES string of the molecule is Cc1cc(C(=O)NCc2ccccc2C)nc(NCCCN(C)C)n1. The molecule has 6 nitrogen and oxygen atoms in total. The Morgan fingerprint density at radius 1 is 1.16 bits per heavy atom. The van der Waals surface area contributed by atoms with Crippen LogP contribution >= 0.6 is 0 Å². The summed E-state index contributed by atoms with van der Waals surface area (Å²) in [6.45, 7) is 6.14. The minimum Gasteiger partial charge on any atom is -0.354 e. The lowest BCUT2D eigenvalue weighted by Gasteiger charge is -2.11. The van der Waals surface area contributed by atoms with Gasteiger partial charge in [-0.3, -0.25) is 4.79 Å². The molecule has 1 amide bonds. The van der Waals surface area contributed by atoms with E-state index in [1.807, 2.05) is 52.2 Å². The van der Waals surface area contributed by atoms with Crippen LogP contribution in [0.1, 0.15) is 33.7 Å². The largest absolute Gasteiger partial charge is 0.354 e. The second kappa shape index (κ2) is 9.13. The van der Waals surface area contributed by atoms with Crippen LogP contribution in [0.3, 0.4) is 0 Å². The van der Waals surface area contributed by atoms with Crippen LogP contribution in [0.5, 0.6) is 0 Å². The van der Waals surface area contributed by atoms with Crippen molar-refractivity contribution in [2.45, 2.75) is 26.8 Å². The van der Waals surface area contributed by atoms with Crippen molar-refractivity contribution < 1.29 is 4.79 Å². The van der Waals surface area contributed by atoms with E-state index >= 15 is 0 Å². The molecule has 25 heavy (non-hydrogen) atoms. The molecule has 2 rings (SSSR count). The van der Waals surface area contributed by atoms with Crippen molar-refractivity contribution in [3.8, 4) is 0 Å². The Hall–Kier alpha value is -2.47. The Morgan fingerprint density at radius 2 is 1.92 bits per heavy atom. The van der Waals surface area contributed by atoms with Gasteiger partial charge in [0.05, 0.1) is 0 Å². The van der Waals surface area contributed by atoms with Gasteiger partial charge in [-0.15, -0.1) is 0 Å². The molecular formula is C19H27N5O. The van der Waals surface area contributed by atoms with Gasteiger partial charge < -0.3 is 15.5 Å². The number of hydrogen-bond acceptors (Lipinski definition) is 5. The Labute approximate surface area is 149 Å². The summed E-state index contributed by atoms with van der Waals surface area (Å²) in [5.41, 5.74) is 3.41. The van der Waals surface area contributed by atoms with E-state index in [1.54, 1.807) is 6.07 Å². The average molecular weight is 341 g/mol. The van der Waals surface area contributed by atoms with E-state index in [0.717, 1.165) is 36.3 Å². The summed E-state index contributed by atoms with van der Waals surface area (Å²) in [5, 5.41) is 6.12. The molecule has 2 N–H and O–H groups in total. The highest BCUT2D eigenvalue weighted by molar-refractivity contribution is 5.92. The monoisotopic (exact) mass is 341 g/mol. The average Bonchev–Trinajstić information content (AvgIpc) is 2.57. The van der Waals surface area contributed by atoms with Crippen LogP contribution in [0, 0.1) is 13.8 Å². The predicted octanol–water partition coefficient (Wildman–Crippen LogP) is 2.39. The third-order valence-electron chi connectivity index (χ3n) is 3.85. The standard InChI is InChI=1S/C19H27N5O/c1-14-8-5-6-9-16(14)13-21-18(25)17-12-15(2)22-19(23-17)20-10-7-11-24(3)4/h5-6,8-9,12H,7,10-11,13H2,1-4H3,(H,21,25)(H,20,22,23). The molecule has 1 aromatic heterocycles. The molecule has 0 bridgehead atoms. The number of benzene rings is 1. The van der Waals surface area contributed by atoms with Crippen LogP contribution in [-0.2, 0) is 6.54 Å². The first-order valence-electron chi connectivity index (χ1n) is 8.52. The molecule has 0 aliphatic rings. The topological polar surface area (TPSA) is 70.2 Å². The number of amides is 1. The molecule has 0 aliphatic heterocycles. The summed E-state index contributed by atoms with van der Waals surface area (Å²) in [7, 11) is 4.08. The van der Waals surface area contributed by atoms with Crippen molar-refractivity contribution >= 4 is 11.9 Å². The van der Waals surface area contributed by atoms with Gasteiger partial charge in [-0.25, -0.2) is 9.97 Å². The lowest BCUT2D eigenvalue weighted by Crippen LogP contribution is -2.25. The zero-order chi connectivity index (χ0) is 18.2. The van der Waals surface area contributed by atoms with Crippen molar-refractivity contribution in [3.63, 3.8) is 0 Å². The van der Waals surface area contributed by atoms with Gasteiger partial charge >= 0.3 is 0 Å². The normalized spacial score (nSPS) is 10.8. The van der Waals surface area contributed by atoms with E-state index in [9.17, 15) is 4.79 Å². The Bertz CT molecular complexity index is 715. The summed E-state index contributed by atoms with van der Waals surface area (Å²) in [6, 6.07) is 9.71. The Morgan fingerprint density at radius 3 is 2.64 bits per heavy atom. The first-order chi connectivity index (χ1) is 12.0. The van der Waals surface area contributed by atoms with Gasteiger partial charge in [0.2, 0.25) is 5.95 Å². The fourth-order valence-corrected chi connectivity index (χ4v) is 2.43. The van der Waals surface area contributed by atoms with Gasteiger partial charge in [0.25, 0.3) is 5.91 Å². The summed E-state index contributed by atoms with van der Waals surface area (Å²) in [4.78, 5) is 23.2. The smallest absolute Gasteiger partial charge is 0.270 e. The minimum absolute atomic E-state index is 0.190. The van der Waals surface area contributed by atoms with Crippen molar-refractivity contribution in [3.05, 3.63) is 52.8 Å². The quantitative estimate of drug-likeness (QED) is 0.722. The number of nitrogens with one attached hydrogen (secondary N) is 2. The highest BCUT2D eigenvalue weighted by Crippen LogP contribution is 2.08. The van der Waals surface area contributed by atoms with Gasteiger partial charge in [-0.2, -0.15) is 0 Å². The van der Waals surface area contributed by atoms with Gasteiger partial charge in [0.15, 0.2) is 0 Å². The van der Waals surface area contributed by atoms with E-state index in [1.165, 1.54) is 0 Å². The fourth-order valence-electron chi connectivity index (χ4n) is 2.43. The maximum Gasteiger partial charge on any atom is 0.270 e. The maximum atomic E-state index is 12.4. The van der Waals surface area contributed by atoms with Gasteiger partial charge in [0.1, 0.15) is 5.69 Å². The van der Waals surface area contributed by atoms with Crippen molar-refractivity contribution in [1.82, 2.24) is 20.2 Å². The van der Waals surface area contributed by atoms with Gasteiger partial charge in [-0.1, -0.05) is 24.3 Å². The van der Waals surface area contributed by atoms with Crippen LogP contribution in [0.15, 0.2) is 30.3 Å². The zero-order valence-corrected chi connectivity index (χ0v) is 15.5. The first kappa shape index (κ1) is 18.9. The number of rotatable bonds is 8. The molecule has 0 aliphatic carbocycles. The molecule has 1 heterocycles. The highest BCUT2D eigenvalue weighted by atomic mass is 16.1. The van der Waals surface area contributed by atoms with E-state index < -0.39 is 0 Å². The number of aryl methyl sites for hydroxylation is 2. The number of carbonyl (C=O) groups excluding carboxylic acids is 1. The Balaban J connectivity index is 1.96. The minimum atomic E-state index is -0.190. The van der Waals surface area contributed by atoms with E-state index in [-0.39, 0.29) is 5.91 Å². The summed E-state index contributed by atoms with van der Waals surface area (Å²) in [6.07, 6.45) is 0.985. The second-order valence-corrected chi connectivity index (χ2v) is 6.41. The number of nitrogens with zero attached hydrogens (tertiary/aromatic N) is 3. The second-order valence-electron chi connectivity index (χ2n) is 6.41. The molecule has 1 aromatic carbocycles. The maximum absolute atomic E-state index is 12.4. The number of anilines is 1. The molecule has 0 saturated carbocycles. The molecule has 0 unspecified atom stereocenters. The molecule has 0 spiro atoms. The summed E-state index contributed by atoms with van der Waals surface area (Å²) < 4.78 is 0. The fraction of sp³-hybridized carbons (Fsp3) is 0.421. The zero-order valence-electron chi connectivity index (χ0n) is 15.5. The molecule has 0 saturated heterocycles. The molecule has 134 valence electrons. The molecule has 2 aromatic rings. The predicted molar refractivity (Wildman–Crippen MR) is 101 cm³/mol. The van der Waals surface area contributed by atoms with Crippen LogP contribution in [0.4, 0.5) is 5.95 Å². The van der Waals surface area contributed by atoms with Crippen molar-refractivity contribution in [2.75, 3.05) is 32.5 Å². The van der Waals surface area contributed by atoms with Crippen molar-refractivity contribution in [2.24, 2.45) is 0 Å². The van der Waals surface area contributed by atoms with E-state index in [2.05, 4.69) is 25.5 Å².